The zero-order valence-corrected chi connectivity index (χ0v) is 16.6. The van der Waals surface area contributed by atoms with Crippen LogP contribution in [0.2, 0.25) is 0 Å². The van der Waals surface area contributed by atoms with E-state index in [1.807, 2.05) is 24.3 Å². The fourth-order valence-corrected chi connectivity index (χ4v) is 2.49. The van der Waals surface area contributed by atoms with Crippen molar-refractivity contribution in [2.24, 2.45) is 0 Å². The van der Waals surface area contributed by atoms with Gasteiger partial charge in [-0.15, -0.1) is 0 Å². The van der Waals surface area contributed by atoms with Crippen LogP contribution >= 0.6 is 0 Å². The van der Waals surface area contributed by atoms with E-state index in [4.69, 9.17) is 14.2 Å². The van der Waals surface area contributed by atoms with Crippen molar-refractivity contribution in [1.82, 2.24) is 10.6 Å². The van der Waals surface area contributed by atoms with Gasteiger partial charge >= 0.3 is 12.1 Å². The highest BCUT2D eigenvalue weighted by atomic mass is 16.6. The Bertz CT molecular complexity index is 854. The highest BCUT2D eigenvalue weighted by Crippen LogP contribution is 2.13. The molecule has 160 valence electrons. The average Bonchev–Trinajstić information content (AvgIpc) is 2.77. The van der Waals surface area contributed by atoms with E-state index in [2.05, 4.69) is 10.6 Å². The van der Waals surface area contributed by atoms with E-state index >= 15 is 0 Å². The number of ether oxygens (including phenoxy) is 3. The molecule has 1 amide bonds. The number of nitro benzene ring substituents is 1. The van der Waals surface area contributed by atoms with Crippen LogP contribution in [0.5, 0.6) is 5.75 Å². The number of nitrogens with one attached hydrogen (secondary N) is 2. The Balaban J connectivity index is 1.82. The number of esters is 1. The first-order chi connectivity index (χ1) is 14.4. The van der Waals surface area contributed by atoms with Crippen molar-refractivity contribution in [3.8, 4) is 5.75 Å². The van der Waals surface area contributed by atoms with Gasteiger partial charge in [0.15, 0.2) is 0 Å². The lowest BCUT2D eigenvalue weighted by Crippen LogP contribution is -2.47. The van der Waals surface area contributed by atoms with Gasteiger partial charge in [0.2, 0.25) is 0 Å². The molecule has 0 saturated carbocycles. The van der Waals surface area contributed by atoms with Crippen LogP contribution in [0.4, 0.5) is 10.5 Å². The first-order valence-electron chi connectivity index (χ1n) is 9.01. The Morgan fingerprint density at radius 2 is 1.67 bits per heavy atom. The monoisotopic (exact) mass is 417 g/mol. The van der Waals surface area contributed by atoms with Gasteiger partial charge < -0.3 is 24.8 Å². The van der Waals surface area contributed by atoms with Crippen molar-refractivity contribution >= 4 is 17.7 Å². The summed E-state index contributed by atoms with van der Waals surface area (Å²) in [5, 5.41) is 16.2. The van der Waals surface area contributed by atoms with Gasteiger partial charge in [-0.25, -0.2) is 9.59 Å². The van der Waals surface area contributed by atoms with Gasteiger partial charge in [-0.1, -0.05) is 12.1 Å². The Labute approximate surface area is 173 Å². The van der Waals surface area contributed by atoms with Crippen LogP contribution < -0.4 is 15.4 Å². The van der Waals surface area contributed by atoms with Gasteiger partial charge in [-0.3, -0.25) is 10.1 Å². The van der Waals surface area contributed by atoms with Crippen LogP contribution in [0.15, 0.2) is 48.5 Å². The highest BCUT2D eigenvalue weighted by Gasteiger charge is 2.22. The molecule has 2 aromatic carbocycles. The van der Waals surface area contributed by atoms with Crippen LogP contribution in [0.1, 0.15) is 11.1 Å². The molecule has 2 N–H and O–H groups in total. The van der Waals surface area contributed by atoms with Crippen LogP contribution in [0.25, 0.3) is 0 Å². The number of benzene rings is 2. The molecule has 2 aromatic rings. The third kappa shape index (κ3) is 7.06. The number of carbonyl (C=O) groups is 2. The topological polar surface area (TPSA) is 129 Å². The minimum atomic E-state index is -0.947. The van der Waals surface area contributed by atoms with Crippen molar-refractivity contribution in [2.75, 3.05) is 20.8 Å². The molecule has 0 bridgehead atoms. The first-order valence-corrected chi connectivity index (χ1v) is 9.01. The van der Waals surface area contributed by atoms with Crippen molar-refractivity contribution in [3.63, 3.8) is 0 Å². The number of nitrogens with zero attached hydrogens (tertiary/aromatic N) is 1. The third-order valence-corrected chi connectivity index (χ3v) is 4.13. The SMILES string of the molecule is COC(=O)[C@H](CNCc1ccc(OC)cc1)NC(=O)OCc1ccc([N+](=O)[O-])cc1. The normalized spacial score (nSPS) is 11.3. The maximum atomic E-state index is 12.0. The number of hydrogen-bond acceptors (Lipinski definition) is 8. The second kappa shape index (κ2) is 11.4. The molecule has 0 radical (unpaired) electrons. The van der Waals surface area contributed by atoms with Gasteiger partial charge in [0.1, 0.15) is 18.4 Å². The molecule has 0 unspecified atom stereocenters. The molecular formula is C20H23N3O7. The minimum absolute atomic E-state index is 0.0584. The Morgan fingerprint density at radius 1 is 1.03 bits per heavy atom. The second-order valence-corrected chi connectivity index (χ2v) is 6.20. The van der Waals surface area contributed by atoms with E-state index in [1.54, 1.807) is 7.11 Å². The zero-order chi connectivity index (χ0) is 21.9. The molecule has 1 atom stereocenters. The lowest BCUT2D eigenvalue weighted by molar-refractivity contribution is -0.384. The Hall–Kier alpha value is -3.66. The number of carbonyl (C=O) groups excluding carboxylic acids is 2. The molecule has 0 aliphatic carbocycles. The Morgan fingerprint density at radius 3 is 2.23 bits per heavy atom. The predicted octanol–water partition coefficient (Wildman–Crippen LogP) is 2.16. The largest absolute Gasteiger partial charge is 0.497 e. The number of alkyl carbamates (subject to hydrolysis) is 1. The molecular weight excluding hydrogens is 394 g/mol. The fraction of sp³-hybridized carbons (Fsp3) is 0.300. The van der Waals surface area contributed by atoms with Crippen molar-refractivity contribution in [2.45, 2.75) is 19.2 Å². The standard InChI is InChI=1S/C20H23N3O7/c1-28-17-9-5-14(6-10-17)11-21-12-18(19(24)29-2)22-20(25)30-13-15-3-7-16(8-4-15)23(26)27/h3-10,18,21H,11-13H2,1-2H3,(H,22,25)/t18-/m0/s1. The van der Waals surface area contributed by atoms with Gasteiger partial charge in [-0.2, -0.15) is 0 Å². The minimum Gasteiger partial charge on any atom is -0.497 e. The quantitative estimate of drug-likeness (QED) is 0.342. The van der Waals surface area contributed by atoms with Crippen LogP contribution in [-0.2, 0) is 27.4 Å². The van der Waals surface area contributed by atoms with E-state index in [-0.39, 0.29) is 18.8 Å². The molecule has 10 nitrogen and oxygen atoms in total. The molecule has 0 fully saturated rings. The van der Waals surface area contributed by atoms with E-state index in [0.29, 0.717) is 12.1 Å². The van der Waals surface area contributed by atoms with E-state index in [1.165, 1.54) is 31.4 Å². The summed E-state index contributed by atoms with van der Waals surface area (Å²) in [4.78, 5) is 34.1. The summed E-state index contributed by atoms with van der Waals surface area (Å²) in [5.74, 6) is 0.119. The van der Waals surface area contributed by atoms with Gasteiger partial charge in [0.05, 0.1) is 19.1 Å². The fourth-order valence-electron chi connectivity index (χ4n) is 2.49. The second-order valence-electron chi connectivity index (χ2n) is 6.20. The van der Waals surface area contributed by atoms with Crippen LogP contribution in [-0.4, -0.2) is 43.8 Å². The summed E-state index contributed by atoms with van der Waals surface area (Å²) in [5.41, 5.74) is 1.49. The molecule has 0 aliphatic rings. The summed E-state index contributed by atoms with van der Waals surface area (Å²) in [6.07, 6.45) is -0.810. The summed E-state index contributed by atoms with van der Waals surface area (Å²) in [6.45, 7) is 0.499. The number of amides is 1. The third-order valence-electron chi connectivity index (χ3n) is 4.13. The van der Waals surface area contributed by atoms with E-state index < -0.39 is 23.0 Å². The average molecular weight is 417 g/mol. The van der Waals surface area contributed by atoms with E-state index in [9.17, 15) is 19.7 Å². The number of non-ortho nitro benzene ring substituents is 1. The number of methoxy groups -OCH3 is 2. The molecule has 0 aromatic heterocycles. The molecule has 10 heteroatoms. The van der Waals surface area contributed by atoms with Crippen molar-refractivity contribution in [1.29, 1.82) is 0 Å². The summed E-state index contributed by atoms with van der Waals surface area (Å²) >= 11 is 0. The number of hydrogen-bond donors (Lipinski definition) is 2. The summed E-state index contributed by atoms with van der Waals surface area (Å²) in [6, 6.07) is 12.1. The lowest BCUT2D eigenvalue weighted by Gasteiger charge is -2.17. The van der Waals surface area contributed by atoms with E-state index in [0.717, 1.165) is 11.3 Å². The van der Waals surface area contributed by atoms with Crippen molar-refractivity contribution in [3.05, 3.63) is 69.8 Å². The van der Waals surface area contributed by atoms with Crippen LogP contribution in [0.3, 0.4) is 0 Å². The maximum Gasteiger partial charge on any atom is 0.408 e. The smallest absolute Gasteiger partial charge is 0.408 e. The maximum absolute atomic E-state index is 12.0. The molecule has 30 heavy (non-hydrogen) atoms. The van der Waals surface area contributed by atoms with Gasteiger partial charge in [0, 0.05) is 25.2 Å². The molecule has 0 saturated heterocycles. The molecule has 0 heterocycles. The Kier molecular flexibility index (Phi) is 8.57. The zero-order valence-electron chi connectivity index (χ0n) is 16.6. The van der Waals surface area contributed by atoms with Gasteiger partial charge in [-0.05, 0) is 35.4 Å². The highest BCUT2D eigenvalue weighted by molar-refractivity contribution is 5.81. The molecule has 2 rings (SSSR count). The van der Waals surface area contributed by atoms with Gasteiger partial charge in [0.25, 0.3) is 5.69 Å². The molecule has 0 aliphatic heterocycles. The lowest BCUT2D eigenvalue weighted by atomic mass is 10.2. The first kappa shape index (κ1) is 22.6. The predicted molar refractivity (Wildman–Crippen MR) is 107 cm³/mol. The van der Waals surface area contributed by atoms with Crippen LogP contribution in [0, 0.1) is 10.1 Å². The number of rotatable bonds is 10. The van der Waals surface area contributed by atoms with Crippen molar-refractivity contribution < 1.29 is 28.7 Å². The molecule has 0 spiro atoms. The summed E-state index contributed by atoms with van der Waals surface area (Å²) < 4.78 is 14.9. The summed E-state index contributed by atoms with van der Waals surface area (Å²) in [7, 11) is 2.81. The number of nitro groups is 1.